The van der Waals surface area contributed by atoms with Crippen LogP contribution in [-0.4, -0.2) is 97.9 Å². The molecule has 0 aliphatic carbocycles. The molecular formula is C23H35FN4O3. The molecule has 2 aliphatic heterocycles. The van der Waals surface area contributed by atoms with Crippen LogP contribution in [0.15, 0.2) is 18.2 Å². The van der Waals surface area contributed by atoms with E-state index in [0.717, 1.165) is 57.7 Å². The summed E-state index contributed by atoms with van der Waals surface area (Å²) < 4.78 is 18.8. The number of hydrogen-bond acceptors (Lipinski definition) is 5. The van der Waals surface area contributed by atoms with Crippen LogP contribution in [0.1, 0.15) is 31.2 Å². The maximum absolute atomic E-state index is 13.9. The number of carbonyl (C=O) groups is 2. The highest BCUT2D eigenvalue weighted by atomic mass is 19.1. The molecule has 31 heavy (non-hydrogen) atoms. The van der Waals surface area contributed by atoms with E-state index in [0.29, 0.717) is 19.6 Å². The Bertz CT molecular complexity index is 744. The number of hydrogen-bond donors (Lipinski definition) is 0. The Morgan fingerprint density at radius 3 is 2.16 bits per heavy atom. The quantitative estimate of drug-likeness (QED) is 0.655. The number of carbonyl (C=O) groups excluding carboxylic acids is 2. The van der Waals surface area contributed by atoms with Crippen LogP contribution in [0, 0.1) is 5.82 Å². The molecular weight excluding hydrogens is 399 g/mol. The van der Waals surface area contributed by atoms with Crippen molar-refractivity contribution in [2.45, 2.75) is 32.2 Å². The SMILES string of the molecule is COc1ccc(CN(C)C(=O)CN2CCN(CC(=O)N3CCCCCC3)CC2)cc1F. The van der Waals surface area contributed by atoms with E-state index in [9.17, 15) is 14.0 Å². The Kier molecular flexibility index (Phi) is 8.66. The lowest BCUT2D eigenvalue weighted by atomic mass is 10.2. The molecule has 172 valence electrons. The summed E-state index contributed by atoms with van der Waals surface area (Å²) in [5.74, 6) is 0.0137. The van der Waals surface area contributed by atoms with E-state index in [1.807, 2.05) is 4.90 Å². The predicted octanol–water partition coefficient (Wildman–Crippen LogP) is 1.81. The summed E-state index contributed by atoms with van der Waals surface area (Å²) in [6.45, 7) is 6.06. The fourth-order valence-electron chi connectivity index (χ4n) is 4.20. The van der Waals surface area contributed by atoms with Gasteiger partial charge in [-0.15, -0.1) is 0 Å². The summed E-state index contributed by atoms with van der Waals surface area (Å²) in [6, 6.07) is 4.75. The van der Waals surface area contributed by atoms with Crippen molar-refractivity contribution < 1.29 is 18.7 Å². The highest BCUT2D eigenvalue weighted by Crippen LogP contribution is 2.18. The minimum absolute atomic E-state index is 0.00493. The minimum Gasteiger partial charge on any atom is -0.494 e. The van der Waals surface area contributed by atoms with Gasteiger partial charge in [-0.3, -0.25) is 19.4 Å². The molecule has 0 spiro atoms. The molecule has 2 heterocycles. The zero-order chi connectivity index (χ0) is 22.2. The lowest BCUT2D eigenvalue weighted by molar-refractivity contribution is -0.134. The fourth-order valence-corrected chi connectivity index (χ4v) is 4.20. The summed E-state index contributed by atoms with van der Waals surface area (Å²) in [5, 5.41) is 0. The number of ether oxygens (including phenoxy) is 1. The second-order valence-corrected chi connectivity index (χ2v) is 8.57. The van der Waals surface area contributed by atoms with Gasteiger partial charge < -0.3 is 14.5 Å². The predicted molar refractivity (Wildman–Crippen MR) is 117 cm³/mol. The number of rotatable bonds is 7. The van der Waals surface area contributed by atoms with Gasteiger partial charge in [0.15, 0.2) is 11.6 Å². The molecule has 2 fully saturated rings. The number of piperazine rings is 1. The van der Waals surface area contributed by atoms with Crippen LogP contribution in [0.3, 0.4) is 0 Å². The molecule has 0 N–H and O–H groups in total. The third kappa shape index (κ3) is 6.90. The van der Waals surface area contributed by atoms with Crippen LogP contribution >= 0.6 is 0 Å². The summed E-state index contributed by atoms with van der Waals surface area (Å²) in [5.41, 5.74) is 0.728. The summed E-state index contributed by atoms with van der Waals surface area (Å²) in [4.78, 5) is 33.1. The molecule has 1 aromatic rings. The van der Waals surface area contributed by atoms with Gasteiger partial charge in [0.1, 0.15) is 0 Å². The highest BCUT2D eigenvalue weighted by Gasteiger charge is 2.24. The van der Waals surface area contributed by atoms with E-state index in [4.69, 9.17) is 4.74 Å². The number of likely N-dealkylation sites (N-methyl/N-ethyl adjacent to an activating group) is 1. The molecule has 0 atom stereocenters. The first-order valence-corrected chi connectivity index (χ1v) is 11.2. The van der Waals surface area contributed by atoms with E-state index in [2.05, 4.69) is 9.80 Å². The van der Waals surface area contributed by atoms with Gasteiger partial charge in [-0.25, -0.2) is 4.39 Å². The minimum atomic E-state index is -0.424. The standard InChI is InChI=1S/C23H35FN4O3/c1-25(16-19-7-8-21(31-2)20(24)15-19)22(29)17-26-11-13-27(14-12-26)18-23(30)28-9-5-3-4-6-10-28/h7-8,15H,3-6,9-14,16-18H2,1-2H3. The number of amides is 2. The van der Waals surface area contributed by atoms with Gasteiger partial charge in [0.25, 0.3) is 0 Å². The van der Waals surface area contributed by atoms with Crippen molar-refractivity contribution in [1.82, 2.24) is 19.6 Å². The average Bonchev–Trinajstić information content (AvgIpc) is 3.05. The highest BCUT2D eigenvalue weighted by molar-refractivity contribution is 5.78. The Hall–Kier alpha value is -2.19. The van der Waals surface area contributed by atoms with Gasteiger partial charge in [-0.2, -0.15) is 0 Å². The first-order chi connectivity index (χ1) is 15.0. The molecule has 2 aliphatic rings. The smallest absolute Gasteiger partial charge is 0.236 e. The molecule has 0 bridgehead atoms. The first-order valence-electron chi connectivity index (χ1n) is 11.2. The number of halogens is 1. The Labute approximate surface area is 184 Å². The van der Waals surface area contributed by atoms with Crippen molar-refractivity contribution in [1.29, 1.82) is 0 Å². The average molecular weight is 435 g/mol. The summed E-state index contributed by atoms with van der Waals surface area (Å²) in [7, 11) is 3.17. The van der Waals surface area contributed by atoms with Crippen molar-refractivity contribution in [2.75, 3.05) is 66.5 Å². The van der Waals surface area contributed by atoms with Crippen LogP contribution < -0.4 is 4.74 Å². The topological polar surface area (TPSA) is 56.3 Å². The van der Waals surface area contributed by atoms with E-state index in [1.165, 1.54) is 26.0 Å². The molecule has 0 unspecified atom stereocenters. The van der Waals surface area contributed by atoms with Gasteiger partial charge in [0.05, 0.1) is 20.2 Å². The van der Waals surface area contributed by atoms with Gasteiger partial charge in [-0.1, -0.05) is 18.9 Å². The molecule has 0 aromatic heterocycles. The second kappa shape index (κ2) is 11.4. The van der Waals surface area contributed by atoms with Crippen molar-refractivity contribution in [3.8, 4) is 5.75 Å². The van der Waals surface area contributed by atoms with Crippen molar-refractivity contribution in [3.63, 3.8) is 0 Å². The van der Waals surface area contributed by atoms with Gasteiger partial charge >= 0.3 is 0 Å². The van der Waals surface area contributed by atoms with E-state index >= 15 is 0 Å². The molecule has 0 radical (unpaired) electrons. The van der Waals surface area contributed by atoms with Crippen LogP contribution in [-0.2, 0) is 16.1 Å². The van der Waals surface area contributed by atoms with Crippen molar-refractivity contribution in [3.05, 3.63) is 29.6 Å². The molecule has 2 saturated heterocycles. The van der Waals surface area contributed by atoms with E-state index < -0.39 is 5.82 Å². The normalized spacial score (nSPS) is 18.5. The third-order valence-corrected chi connectivity index (χ3v) is 6.20. The zero-order valence-electron chi connectivity index (χ0n) is 18.8. The van der Waals surface area contributed by atoms with Crippen LogP contribution in [0.5, 0.6) is 5.75 Å². The number of likely N-dealkylation sites (tertiary alicyclic amines) is 1. The van der Waals surface area contributed by atoms with Crippen molar-refractivity contribution in [2.24, 2.45) is 0 Å². The van der Waals surface area contributed by atoms with E-state index in [1.54, 1.807) is 24.1 Å². The Morgan fingerprint density at radius 1 is 0.968 bits per heavy atom. The maximum atomic E-state index is 13.9. The van der Waals surface area contributed by atoms with Gasteiger partial charge in [-0.05, 0) is 30.5 Å². The van der Waals surface area contributed by atoms with Crippen molar-refractivity contribution >= 4 is 11.8 Å². The Balaban J connectivity index is 1.40. The molecule has 3 rings (SSSR count). The maximum Gasteiger partial charge on any atom is 0.236 e. The summed E-state index contributed by atoms with van der Waals surface area (Å²) in [6.07, 6.45) is 4.66. The van der Waals surface area contributed by atoms with E-state index in [-0.39, 0.29) is 17.6 Å². The molecule has 0 saturated carbocycles. The first kappa shape index (κ1) is 23.5. The van der Waals surface area contributed by atoms with Crippen LogP contribution in [0.4, 0.5) is 4.39 Å². The molecule has 1 aromatic carbocycles. The lowest BCUT2D eigenvalue weighted by Gasteiger charge is -2.35. The van der Waals surface area contributed by atoms with Crippen LogP contribution in [0.2, 0.25) is 0 Å². The fraction of sp³-hybridized carbons (Fsp3) is 0.652. The third-order valence-electron chi connectivity index (χ3n) is 6.20. The van der Waals surface area contributed by atoms with Crippen LogP contribution in [0.25, 0.3) is 0 Å². The summed E-state index contributed by atoms with van der Waals surface area (Å²) >= 11 is 0. The molecule has 8 heteroatoms. The zero-order valence-corrected chi connectivity index (χ0v) is 18.8. The monoisotopic (exact) mass is 434 g/mol. The van der Waals surface area contributed by atoms with Gasteiger partial charge in [0.2, 0.25) is 11.8 Å². The van der Waals surface area contributed by atoms with Gasteiger partial charge in [0, 0.05) is 52.9 Å². The molecule has 7 nitrogen and oxygen atoms in total. The largest absolute Gasteiger partial charge is 0.494 e. The second-order valence-electron chi connectivity index (χ2n) is 8.57. The number of benzene rings is 1. The number of methoxy groups -OCH3 is 1. The lowest BCUT2D eigenvalue weighted by Crippen LogP contribution is -2.52. The number of nitrogens with zero attached hydrogens (tertiary/aromatic N) is 4. The molecule has 2 amide bonds. The Morgan fingerprint density at radius 2 is 1.58 bits per heavy atom.